The summed E-state index contributed by atoms with van der Waals surface area (Å²) in [5, 5.41) is 0. The topological polar surface area (TPSA) is 35.2 Å². The highest BCUT2D eigenvalue weighted by atomic mass is 19.1. The molecule has 1 aromatic rings. The summed E-state index contributed by atoms with van der Waals surface area (Å²) in [5.41, 5.74) is 6.13. The zero-order chi connectivity index (χ0) is 11.5. The molecule has 2 nitrogen and oxygen atoms in total. The zero-order valence-corrected chi connectivity index (χ0v) is 9.46. The molecular weight excluding hydrogens is 193 g/mol. The summed E-state index contributed by atoms with van der Waals surface area (Å²) in [6, 6.07) is 6.69. The lowest BCUT2D eigenvalue weighted by molar-refractivity contribution is 0.131. The average molecular weight is 211 g/mol. The Morgan fingerprint density at radius 3 is 2.20 bits per heavy atom. The molecule has 0 spiro atoms. The van der Waals surface area contributed by atoms with Crippen molar-refractivity contribution in [3.63, 3.8) is 0 Å². The smallest absolute Gasteiger partial charge is 0.120 e. The molecule has 0 radical (unpaired) electrons. The van der Waals surface area contributed by atoms with Crippen molar-refractivity contribution in [1.82, 2.24) is 0 Å². The van der Waals surface area contributed by atoms with Gasteiger partial charge in [0.05, 0.1) is 6.04 Å². The fraction of sp³-hybridized carbons (Fsp3) is 0.500. The van der Waals surface area contributed by atoms with Gasteiger partial charge in [0.2, 0.25) is 0 Å². The van der Waals surface area contributed by atoms with Crippen LogP contribution in [0.15, 0.2) is 24.3 Å². The van der Waals surface area contributed by atoms with Gasteiger partial charge >= 0.3 is 0 Å². The van der Waals surface area contributed by atoms with Crippen molar-refractivity contribution >= 4 is 0 Å². The number of hydrogen-bond acceptors (Lipinski definition) is 2. The minimum Gasteiger partial charge on any atom is -0.488 e. The maximum absolute atomic E-state index is 12.3. The highest BCUT2D eigenvalue weighted by Crippen LogP contribution is 2.20. The van der Waals surface area contributed by atoms with Gasteiger partial charge < -0.3 is 10.5 Å². The minimum atomic E-state index is -0.542. The Bertz CT molecular complexity index is 302. The number of nitrogens with two attached hydrogens (primary N) is 1. The molecule has 0 aliphatic heterocycles. The lowest BCUT2D eigenvalue weighted by Gasteiger charge is -2.21. The molecule has 2 N–H and O–H groups in total. The predicted octanol–water partition coefficient (Wildman–Crippen LogP) is 2.83. The molecule has 0 aliphatic rings. The highest BCUT2D eigenvalue weighted by Gasteiger charge is 2.12. The normalized spacial score (nSPS) is 13.7. The Morgan fingerprint density at radius 1 is 1.27 bits per heavy atom. The van der Waals surface area contributed by atoms with Crippen molar-refractivity contribution in [2.45, 2.75) is 32.4 Å². The van der Waals surface area contributed by atoms with E-state index in [1.807, 2.05) is 32.9 Å². The second-order valence-corrected chi connectivity index (χ2v) is 4.54. The van der Waals surface area contributed by atoms with Gasteiger partial charge in [-0.25, -0.2) is 4.39 Å². The standard InChI is InChI=1S/C12H18FNO/c1-12(2,3)15-10-6-4-9(5-7-10)11(14)8-13/h4-7,11H,8,14H2,1-3H3/t11-/m1/s1. The number of halogens is 1. The zero-order valence-electron chi connectivity index (χ0n) is 9.46. The first-order chi connectivity index (χ1) is 6.92. The van der Waals surface area contributed by atoms with Crippen LogP contribution in [-0.4, -0.2) is 12.3 Å². The molecule has 0 heterocycles. The summed E-state index contributed by atoms with van der Waals surface area (Å²) in [5.74, 6) is 0.775. The first kappa shape index (κ1) is 12.0. The van der Waals surface area contributed by atoms with Gasteiger partial charge in [0.1, 0.15) is 18.0 Å². The van der Waals surface area contributed by atoms with Crippen LogP contribution in [0, 0.1) is 0 Å². The molecule has 84 valence electrons. The maximum Gasteiger partial charge on any atom is 0.120 e. The van der Waals surface area contributed by atoms with Crippen LogP contribution in [0.3, 0.4) is 0 Å². The maximum atomic E-state index is 12.3. The van der Waals surface area contributed by atoms with Gasteiger partial charge in [-0.3, -0.25) is 0 Å². The van der Waals surface area contributed by atoms with Crippen LogP contribution < -0.4 is 10.5 Å². The van der Waals surface area contributed by atoms with Gasteiger partial charge in [-0.05, 0) is 38.5 Å². The van der Waals surface area contributed by atoms with Crippen molar-refractivity contribution in [3.05, 3.63) is 29.8 Å². The first-order valence-electron chi connectivity index (χ1n) is 5.03. The van der Waals surface area contributed by atoms with Gasteiger partial charge in [-0.1, -0.05) is 12.1 Å². The van der Waals surface area contributed by atoms with Crippen LogP contribution >= 0.6 is 0 Å². The SMILES string of the molecule is CC(C)(C)Oc1ccc([C@H](N)CF)cc1. The van der Waals surface area contributed by atoms with E-state index in [0.29, 0.717) is 0 Å². The summed E-state index contributed by atoms with van der Waals surface area (Å²) in [6.07, 6.45) is 0. The van der Waals surface area contributed by atoms with Crippen LogP contribution in [0.4, 0.5) is 4.39 Å². The van der Waals surface area contributed by atoms with Gasteiger partial charge in [0.25, 0.3) is 0 Å². The third kappa shape index (κ3) is 3.88. The monoisotopic (exact) mass is 211 g/mol. The summed E-state index contributed by atoms with van der Waals surface area (Å²) in [7, 11) is 0. The summed E-state index contributed by atoms with van der Waals surface area (Å²) >= 11 is 0. The number of rotatable bonds is 3. The van der Waals surface area contributed by atoms with Crippen molar-refractivity contribution in [1.29, 1.82) is 0 Å². The van der Waals surface area contributed by atoms with Crippen LogP contribution in [0.2, 0.25) is 0 Å². The Labute approximate surface area is 90.2 Å². The molecule has 0 amide bonds. The van der Waals surface area contributed by atoms with E-state index >= 15 is 0 Å². The Kier molecular flexibility index (Phi) is 3.69. The molecule has 15 heavy (non-hydrogen) atoms. The van der Waals surface area contributed by atoms with E-state index in [1.165, 1.54) is 0 Å². The van der Waals surface area contributed by atoms with E-state index in [2.05, 4.69) is 0 Å². The van der Waals surface area contributed by atoms with Crippen molar-refractivity contribution < 1.29 is 9.13 Å². The Hall–Kier alpha value is -1.09. The number of hydrogen-bond donors (Lipinski definition) is 1. The molecule has 0 bridgehead atoms. The van der Waals surface area contributed by atoms with Gasteiger partial charge in [-0.15, -0.1) is 0 Å². The van der Waals surface area contributed by atoms with Crippen molar-refractivity contribution in [2.75, 3.05) is 6.67 Å². The minimum absolute atomic E-state index is 0.219. The molecular formula is C12H18FNO. The summed E-state index contributed by atoms with van der Waals surface area (Å²) in [4.78, 5) is 0. The predicted molar refractivity (Wildman–Crippen MR) is 59.7 cm³/mol. The number of alkyl halides is 1. The van der Waals surface area contributed by atoms with E-state index < -0.39 is 12.7 Å². The highest BCUT2D eigenvalue weighted by molar-refractivity contribution is 5.29. The molecule has 0 unspecified atom stereocenters. The fourth-order valence-electron chi connectivity index (χ4n) is 1.23. The first-order valence-corrected chi connectivity index (χ1v) is 5.03. The van der Waals surface area contributed by atoms with Crippen molar-refractivity contribution in [2.24, 2.45) is 5.73 Å². The van der Waals surface area contributed by atoms with E-state index in [9.17, 15) is 4.39 Å². The van der Waals surface area contributed by atoms with E-state index in [4.69, 9.17) is 10.5 Å². The summed E-state index contributed by atoms with van der Waals surface area (Å²) in [6.45, 7) is 5.40. The van der Waals surface area contributed by atoms with Crippen LogP contribution in [0.5, 0.6) is 5.75 Å². The summed E-state index contributed by atoms with van der Waals surface area (Å²) < 4.78 is 17.9. The second-order valence-electron chi connectivity index (χ2n) is 4.54. The molecule has 0 aromatic heterocycles. The third-order valence-electron chi connectivity index (χ3n) is 1.90. The average Bonchev–Trinajstić information content (AvgIpc) is 2.15. The van der Waals surface area contributed by atoms with E-state index in [-0.39, 0.29) is 5.60 Å². The van der Waals surface area contributed by atoms with Gasteiger partial charge in [0.15, 0.2) is 0 Å². The lowest BCUT2D eigenvalue weighted by Crippen LogP contribution is -2.23. The third-order valence-corrected chi connectivity index (χ3v) is 1.90. The fourth-order valence-corrected chi connectivity index (χ4v) is 1.23. The number of benzene rings is 1. The van der Waals surface area contributed by atoms with Gasteiger partial charge in [-0.2, -0.15) is 0 Å². The van der Waals surface area contributed by atoms with E-state index in [1.54, 1.807) is 12.1 Å². The Morgan fingerprint density at radius 2 is 1.80 bits per heavy atom. The lowest BCUT2D eigenvalue weighted by atomic mass is 10.1. The molecule has 1 rings (SSSR count). The van der Waals surface area contributed by atoms with Crippen LogP contribution in [-0.2, 0) is 0 Å². The molecule has 0 saturated carbocycles. The van der Waals surface area contributed by atoms with Crippen LogP contribution in [0.1, 0.15) is 32.4 Å². The second kappa shape index (κ2) is 4.62. The largest absolute Gasteiger partial charge is 0.488 e. The quantitative estimate of drug-likeness (QED) is 0.834. The molecule has 1 atom stereocenters. The molecule has 3 heteroatoms. The van der Waals surface area contributed by atoms with Gasteiger partial charge in [0, 0.05) is 0 Å². The number of ether oxygens (including phenoxy) is 1. The molecule has 0 fully saturated rings. The van der Waals surface area contributed by atoms with Crippen molar-refractivity contribution in [3.8, 4) is 5.75 Å². The van der Waals surface area contributed by atoms with E-state index in [0.717, 1.165) is 11.3 Å². The van der Waals surface area contributed by atoms with Crippen LogP contribution in [0.25, 0.3) is 0 Å². The molecule has 0 aliphatic carbocycles. The Balaban J connectivity index is 2.72. The molecule has 0 saturated heterocycles. The molecule has 1 aromatic carbocycles.